The van der Waals surface area contributed by atoms with E-state index in [0.717, 1.165) is 0 Å². The zero-order valence-electron chi connectivity index (χ0n) is 8.07. The van der Waals surface area contributed by atoms with Gasteiger partial charge >= 0.3 is 0 Å². The Kier molecular flexibility index (Phi) is 6.23. The molecular weight excluding hydrogens is 190 g/mol. The van der Waals surface area contributed by atoms with E-state index in [-0.39, 0.29) is 5.75 Å². The molecule has 0 saturated heterocycles. The summed E-state index contributed by atoms with van der Waals surface area (Å²) < 4.78 is 21.7. The fourth-order valence-corrected chi connectivity index (χ4v) is 1.59. The molecule has 80 valence electrons. The minimum Gasteiger partial charge on any atom is -0.329 e. The SMILES string of the molecule is CS(=O)(=O)CCN(CCN)CCN. The van der Waals surface area contributed by atoms with Crippen LogP contribution in [-0.4, -0.2) is 58.1 Å². The molecule has 13 heavy (non-hydrogen) atoms. The van der Waals surface area contributed by atoms with Crippen LogP contribution in [0, 0.1) is 0 Å². The van der Waals surface area contributed by atoms with Crippen molar-refractivity contribution in [2.75, 3.05) is 44.7 Å². The van der Waals surface area contributed by atoms with Crippen LogP contribution in [0.5, 0.6) is 0 Å². The molecule has 0 aliphatic heterocycles. The molecule has 0 aliphatic rings. The summed E-state index contributed by atoms with van der Waals surface area (Å²) in [4.78, 5) is 1.96. The molecule has 0 atom stereocenters. The summed E-state index contributed by atoms with van der Waals surface area (Å²) >= 11 is 0. The lowest BCUT2D eigenvalue weighted by Gasteiger charge is -2.19. The molecule has 0 aliphatic carbocycles. The van der Waals surface area contributed by atoms with Gasteiger partial charge in [0.15, 0.2) is 0 Å². The molecule has 0 aromatic heterocycles. The third-order valence-corrected chi connectivity index (χ3v) is 2.59. The van der Waals surface area contributed by atoms with E-state index in [9.17, 15) is 8.42 Å². The van der Waals surface area contributed by atoms with E-state index < -0.39 is 9.84 Å². The van der Waals surface area contributed by atoms with Gasteiger partial charge in [0.1, 0.15) is 9.84 Å². The number of nitrogens with two attached hydrogens (primary N) is 2. The predicted octanol–water partition coefficient (Wildman–Crippen LogP) is -1.75. The second kappa shape index (κ2) is 6.31. The highest BCUT2D eigenvalue weighted by molar-refractivity contribution is 7.90. The van der Waals surface area contributed by atoms with E-state index in [0.29, 0.717) is 32.7 Å². The Labute approximate surface area is 80.0 Å². The van der Waals surface area contributed by atoms with Gasteiger partial charge in [0, 0.05) is 39.0 Å². The molecule has 0 bridgehead atoms. The van der Waals surface area contributed by atoms with E-state index in [4.69, 9.17) is 11.5 Å². The maximum absolute atomic E-state index is 10.9. The second-order valence-corrected chi connectivity index (χ2v) is 5.31. The Bertz CT molecular complexity index is 210. The number of hydrogen-bond donors (Lipinski definition) is 2. The summed E-state index contributed by atoms with van der Waals surface area (Å²) in [5, 5.41) is 0. The Morgan fingerprint density at radius 3 is 1.85 bits per heavy atom. The van der Waals surface area contributed by atoms with Crippen LogP contribution in [0.25, 0.3) is 0 Å². The minimum absolute atomic E-state index is 0.174. The molecule has 6 heteroatoms. The third-order valence-electron chi connectivity index (χ3n) is 1.67. The lowest BCUT2D eigenvalue weighted by molar-refractivity contribution is 0.305. The van der Waals surface area contributed by atoms with Crippen molar-refractivity contribution in [1.29, 1.82) is 0 Å². The van der Waals surface area contributed by atoms with Crippen molar-refractivity contribution >= 4 is 9.84 Å². The molecular formula is C7H19N3O2S. The maximum Gasteiger partial charge on any atom is 0.148 e. The number of rotatable bonds is 7. The average Bonchev–Trinajstić information content (AvgIpc) is 2.00. The van der Waals surface area contributed by atoms with E-state index in [1.807, 2.05) is 4.90 Å². The van der Waals surface area contributed by atoms with Gasteiger partial charge in [0.05, 0.1) is 5.75 Å². The van der Waals surface area contributed by atoms with Crippen molar-refractivity contribution in [3.8, 4) is 0 Å². The van der Waals surface area contributed by atoms with Crippen LogP contribution < -0.4 is 11.5 Å². The molecule has 4 N–H and O–H groups in total. The van der Waals surface area contributed by atoms with Crippen LogP contribution in [0.4, 0.5) is 0 Å². The molecule has 0 aromatic carbocycles. The highest BCUT2D eigenvalue weighted by atomic mass is 32.2. The van der Waals surface area contributed by atoms with Gasteiger partial charge in [-0.25, -0.2) is 8.42 Å². The van der Waals surface area contributed by atoms with Crippen LogP contribution in [0.15, 0.2) is 0 Å². The van der Waals surface area contributed by atoms with Gasteiger partial charge in [0.2, 0.25) is 0 Å². The Hall–Kier alpha value is -0.170. The highest BCUT2D eigenvalue weighted by Gasteiger charge is 2.07. The first-order valence-electron chi connectivity index (χ1n) is 4.30. The minimum atomic E-state index is -2.88. The Morgan fingerprint density at radius 1 is 1.08 bits per heavy atom. The predicted molar refractivity (Wildman–Crippen MR) is 54.3 cm³/mol. The molecule has 0 heterocycles. The quantitative estimate of drug-likeness (QED) is 0.519. The van der Waals surface area contributed by atoms with Gasteiger partial charge in [0.25, 0.3) is 0 Å². The van der Waals surface area contributed by atoms with E-state index >= 15 is 0 Å². The lowest BCUT2D eigenvalue weighted by Crippen LogP contribution is -2.37. The number of sulfone groups is 1. The van der Waals surface area contributed by atoms with Gasteiger partial charge in [-0.1, -0.05) is 0 Å². The zero-order chi connectivity index (χ0) is 10.3. The van der Waals surface area contributed by atoms with Crippen LogP contribution in [-0.2, 0) is 9.84 Å². The summed E-state index contributed by atoms with van der Waals surface area (Å²) in [6.45, 7) is 2.99. The topological polar surface area (TPSA) is 89.4 Å². The van der Waals surface area contributed by atoms with Crippen LogP contribution in [0.1, 0.15) is 0 Å². The van der Waals surface area contributed by atoms with Crippen molar-refractivity contribution < 1.29 is 8.42 Å². The van der Waals surface area contributed by atoms with Crippen molar-refractivity contribution in [3.05, 3.63) is 0 Å². The fourth-order valence-electron chi connectivity index (χ4n) is 0.995. The zero-order valence-corrected chi connectivity index (χ0v) is 8.89. The molecule has 0 rings (SSSR count). The molecule has 0 amide bonds. The van der Waals surface area contributed by atoms with E-state index in [2.05, 4.69) is 0 Å². The van der Waals surface area contributed by atoms with Crippen LogP contribution in [0.3, 0.4) is 0 Å². The fraction of sp³-hybridized carbons (Fsp3) is 1.00. The van der Waals surface area contributed by atoms with Crippen LogP contribution in [0.2, 0.25) is 0 Å². The Balaban J connectivity index is 3.81. The maximum atomic E-state index is 10.9. The molecule has 0 unspecified atom stereocenters. The van der Waals surface area contributed by atoms with Crippen LogP contribution >= 0.6 is 0 Å². The van der Waals surface area contributed by atoms with Gasteiger partial charge in [-0.2, -0.15) is 0 Å². The van der Waals surface area contributed by atoms with Gasteiger partial charge < -0.3 is 11.5 Å². The lowest BCUT2D eigenvalue weighted by atomic mass is 10.4. The molecule has 5 nitrogen and oxygen atoms in total. The second-order valence-electron chi connectivity index (χ2n) is 3.05. The first-order valence-corrected chi connectivity index (χ1v) is 6.36. The first kappa shape index (κ1) is 12.8. The first-order chi connectivity index (χ1) is 5.99. The number of nitrogens with zero attached hydrogens (tertiary/aromatic N) is 1. The highest BCUT2D eigenvalue weighted by Crippen LogP contribution is 1.89. The normalized spacial score (nSPS) is 12.3. The van der Waals surface area contributed by atoms with Crippen molar-refractivity contribution in [1.82, 2.24) is 4.90 Å². The van der Waals surface area contributed by atoms with E-state index in [1.165, 1.54) is 6.26 Å². The van der Waals surface area contributed by atoms with Crippen molar-refractivity contribution in [3.63, 3.8) is 0 Å². The molecule has 0 saturated carbocycles. The summed E-state index contributed by atoms with van der Waals surface area (Å²) in [5.41, 5.74) is 10.7. The van der Waals surface area contributed by atoms with E-state index in [1.54, 1.807) is 0 Å². The monoisotopic (exact) mass is 209 g/mol. The Morgan fingerprint density at radius 2 is 1.54 bits per heavy atom. The van der Waals surface area contributed by atoms with Gasteiger partial charge in [-0.3, -0.25) is 4.90 Å². The summed E-state index contributed by atoms with van der Waals surface area (Å²) in [5.74, 6) is 0.174. The molecule has 0 fully saturated rings. The smallest absolute Gasteiger partial charge is 0.148 e. The standard InChI is InChI=1S/C7H19N3O2S/c1-13(11,12)7-6-10(4-2-8)5-3-9/h2-9H2,1H3. The van der Waals surface area contributed by atoms with Gasteiger partial charge in [-0.05, 0) is 0 Å². The summed E-state index contributed by atoms with van der Waals surface area (Å²) in [7, 11) is -2.88. The average molecular weight is 209 g/mol. The van der Waals surface area contributed by atoms with Gasteiger partial charge in [-0.15, -0.1) is 0 Å². The summed E-state index contributed by atoms with van der Waals surface area (Å²) in [6, 6.07) is 0. The third kappa shape index (κ3) is 8.17. The molecule has 0 spiro atoms. The van der Waals surface area contributed by atoms with Crippen molar-refractivity contribution in [2.24, 2.45) is 11.5 Å². The largest absolute Gasteiger partial charge is 0.329 e. The molecule has 0 radical (unpaired) electrons. The number of hydrogen-bond acceptors (Lipinski definition) is 5. The molecule has 0 aromatic rings. The van der Waals surface area contributed by atoms with Crippen molar-refractivity contribution in [2.45, 2.75) is 0 Å². The summed E-state index contributed by atoms with van der Waals surface area (Å²) in [6.07, 6.45) is 1.23.